The number of aliphatic hydroxyl groups excluding tert-OH is 1. The first-order valence-corrected chi connectivity index (χ1v) is 6.39. The number of hydrogen-bond acceptors (Lipinski definition) is 3. The van der Waals surface area contributed by atoms with Crippen LogP contribution in [0.5, 0.6) is 0 Å². The predicted octanol–water partition coefficient (Wildman–Crippen LogP) is 0.909. The summed E-state index contributed by atoms with van der Waals surface area (Å²) in [6, 6.07) is 0.298. The van der Waals surface area contributed by atoms with Gasteiger partial charge in [-0.15, -0.1) is 12.4 Å². The SMILES string of the molecule is Cl.NC1CCC(C(=O)N2CCC(O)CC2)CC1. The Hall–Kier alpha value is -0.320. The molecule has 0 aromatic rings. The number of likely N-dealkylation sites (tertiary alicyclic amines) is 1. The molecule has 1 saturated heterocycles. The molecule has 17 heavy (non-hydrogen) atoms. The normalized spacial score (nSPS) is 30.8. The van der Waals surface area contributed by atoms with Crippen LogP contribution in [0.1, 0.15) is 38.5 Å². The lowest BCUT2D eigenvalue weighted by Crippen LogP contribution is -2.44. The van der Waals surface area contributed by atoms with Crippen LogP contribution in [0.4, 0.5) is 0 Å². The zero-order chi connectivity index (χ0) is 11.5. The van der Waals surface area contributed by atoms with E-state index in [0.717, 1.165) is 51.6 Å². The smallest absolute Gasteiger partial charge is 0.225 e. The Kier molecular flexibility index (Phi) is 5.70. The van der Waals surface area contributed by atoms with Crippen LogP contribution >= 0.6 is 12.4 Å². The summed E-state index contributed by atoms with van der Waals surface area (Å²) >= 11 is 0. The molecule has 1 amide bonds. The van der Waals surface area contributed by atoms with Crippen LogP contribution in [0.3, 0.4) is 0 Å². The summed E-state index contributed by atoms with van der Waals surface area (Å²) in [7, 11) is 0. The average molecular weight is 263 g/mol. The van der Waals surface area contributed by atoms with E-state index in [4.69, 9.17) is 5.73 Å². The number of hydrogen-bond donors (Lipinski definition) is 2. The van der Waals surface area contributed by atoms with Crippen LogP contribution in [-0.4, -0.2) is 41.1 Å². The molecule has 5 heteroatoms. The van der Waals surface area contributed by atoms with Gasteiger partial charge in [-0.2, -0.15) is 0 Å². The van der Waals surface area contributed by atoms with Gasteiger partial charge in [0.25, 0.3) is 0 Å². The molecule has 0 atom stereocenters. The molecule has 1 heterocycles. The molecule has 1 saturated carbocycles. The molecule has 0 bridgehead atoms. The highest BCUT2D eigenvalue weighted by atomic mass is 35.5. The summed E-state index contributed by atoms with van der Waals surface area (Å²) in [6.45, 7) is 1.45. The summed E-state index contributed by atoms with van der Waals surface area (Å²) in [5.74, 6) is 0.480. The Morgan fingerprint density at radius 1 is 1.06 bits per heavy atom. The molecule has 1 aliphatic heterocycles. The molecule has 0 aromatic carbocycles. The second kappa shape index (κ2) is 6.57. The van der Waals surface area contributed by atoms with Gasteiger partial charge in [-0.05, 0) is 38.5 Å². The first kappa shape index (κ1) is 14.7. The summed E-state index contributed by atoms with van der Waals surface area (Å²) in [5.41, 5.74) is 5.84. The lowest BCUT2D eigenvalue weighted by atomic mass is 9.85. The summed E-state index contributed by atoms with van der Waals surface area (Å²) in [4.78, 5) is 14.1. The molecule has 0 aromatic heterocycles. The minimum atomic E-state index is -0.205. The number of piperidine rings is 1. The molecule has 100 valence electrons. The fraction of sp³-hybridized carbons (Fsp3) is 0.917. The van der Waals surface area contributed by atoms with E-state index in [1.165, 1.54) is 0 Å². The van der Waals surface area contributed by atoms with Crippen molar-refractivity contribution in [2.24, 2.45) is 11.7 Å². The second-order valence-corrected chi connectivity index (χ2v) is 5.17. The summed E-state index contributed by atoms with van der Waals surface area (Å²) in [6.07, 6.45) is 5.11. The highest BCUT2D eigenvalue weighted by Crippen LogP contribution is 2.26. The van der Waals surface area contributed by atoms with Crippen molar-refractivity contribution in [3.8, 4) is 0 Å². The number of nitrogens with two attached hydrogens (primary N) is 1. The van der Waals surface area contributed by atoms with Gasteiger partial charge in [0, 0.05) is 25.0 Å². The van der Waals surface area contributed by atoms with Gasteiger partial charge in [0.2, 0.25) is 5.91 Å². The standard InChI is InChI=1S/C12H22N2O2.ClH/c13-10-3-1-9(2-4-10)12(16)14-7-5-11(15)6-8-14;/h9-11,15H,1-8,13H2;1H. The van der Waals surface area contributed by atoms with E-state index in [1.54, 1.807) is 0 Å². The van der Waals surface area contributed by atoms with Gasteiger partial charge in [-0.25, -0.2) is 0 Å². The quantitative estimate of drug-likeness (QED) is 0.738. The second-order valence-electron chi connectivity index (χ2n) is 5.17. The van der Waals surface area contributed by atoms with Crippen LogP contribution in [0.25, 0.3) is 0 Å². The zero-order valence-electron chi connectivity index (χ0n) is 10.2. The lowest BCUT2D eigenvalue weighted by molar-refractivity contribution is -0.138. The first-order valence-electron chi connectivity index (χ1n) is 6.39. The van der Waals surface area contributed by atoms with Crippen molar-refractivity contribution in [3.05, 3.63) is 0 Å². The fourth-order valence-electron chi connectivity index (χ4n) is 2.71. The topological polar surface area (TPSA) is 66.6 Å². The van der Waals surface area contributed by atoms with Crippen LogP contribution < -0.4 is 5.73 Å². The van der Waals surface area contributed by atoms with E-state index >= 15 is 0 Å². The van der Waals surface area contributed by atoms with E-state index in [1.807, 2.05) is 4.90 Å². The molecule has 4 nitrogen and oxygen atoms in total. The van der Waals surface area contributed by atoms with Gasteiger partial charge in [0.05, 0.1) is 6.10 Å². The molecule has 1 aliphatic carbocycles. The van der Waals surface area contributed by atoms with Crippen molar-refractivity contribution in [1.82, 2.24) is 4.90 Å². The Bertz CT molecular complexity index is 223. The number of nitrogens with zero attached hydrogens (tertiary/aromatic N) is 1. The maximum absolute atomic E-state index is 12.2. The van der Waals surface area contributed by atoms with Gasteiger partial charge in [0.15, 0.2) is 0 Å². The van der Waals surface area contributed by atoms with Gasteiger partial charge in [-0.1, -0.05) is 0 Å². The lowest BCUT2D eigenvalue weighted by Gasteiger charge is -2.34. The predicted molar refractivity (Wildman–Crippen MR) is 69.0 cm³/mol. The van der Waals surface area contributed by atoms with Crippen LogP contribution in [0, 0.1) is 5.92 Å². The maximum atomic E-state index is 12.2. The number of aliphatic hydroxyl groups is 1. The zero-order valence-corrected chi connectivity index (χ0v) is 11.0. The first-order chi connectivity index (χ1) is 7.66. The van der Waals surface area contributed by atoms with Gasteiger partial charge in [0.1, 0.15) is 0 Å². The monoisotopic (exact) mass is 262 g/mol. The van der Waals surface area contributed by atoms with E-state index in [9.17, 15) is 9.90 Å². The molecule has 0 spiro atoms. The van der Waals surface area contributed by atoms with Gasteiger partial charge in [-0.3, -0.25) is 4.79 Å². The van der Waals surface area contributed by atoms with Crippen molar-refractivity contribution >= 4 is 18.3 Å². The Labute approximate surface area is 109 Å². The minimum Gasteiger partial charge on any atom is -0.393 e. The number of amides is 1. The van der Waals surface area contributed by atoms with E-state index in [0.29, 0.717) is 11.9 Å². The molecular formula is C12H23ClN2O2. The molecule has 3 N–H and O–H groups in total. The third-order valence-electron chi connectivity index (χ3n) is 3.90. The van der Waals surface area contributed by atoms with Crippen LogP contribution in [-0.2, 0) is 4.79 Å². The highest BCUT2D eigenvalue weighted by molar-refractivity contribution is 5.85. The summed E-state index contributed by atoms with van der Waals surface area (Å²) < 4.78 is 0. The fourth-order valence-corrected chi connectivity index (χ4v) is 2.71. The van der Waals surface area contributed by atoms with Crippen LogP contribution in [0.2, 0.25) is 0 Å². The molecule has 0 radical (unpaired) electrons. The van der Waals surface area contributed by atoms with Crippen molar-refractivity contribution in [2.75, 3.05) is 13.1 Å². The Balaban J connectivity index is 0.00000144. The largest absolute Gasteiger partial charge is 0.393 e. The molecule has 2 fully saturated rings. The highest BCUT2D eigenvalue weighted by Gasteiger charge is 2.30. The van der Waals surface area contributed by atoms with E-state index in [-0.39, 0.29) is 24.4 Å². The van der Waals surface area contributed by atoms with Crippen molar-refractivity contribution in [3.63, 3.8) is 0 Å². The summed E-state index contributed by atoms with van der Waals surface area (Å²) in [5, 5.41) is 9.40. The number of halogens is 1. The maximum Gasteiger partial charge on any atom is 0.225 e. The van der Waals surface area contributed by atoms with Crippen molar-refractivity contribution < 1.29 is 9.90 Å². The van der Waals surface area contributed by atoms with Gasteiger partial charge >= 0.3 is 0 Å². The third kappa shape index (κ3) is 3.83. The minimum absolute atomic E-state index is 0. The van der Waals surface area contributed by atoms with Gasteiger partial charge < -0.3 is 15.7 Å². The van der Waals surface area contributed by atoms with Crippen molar-refractivity contribution in [2.45, 2.75) is 50.7 Å². The molecule has 2 rings (SSSR count). The Morgan fingerprint density at radius 2 is 1.59 bits per heavy atom. The average Bonchev–Trinajstić information content (AvgIpc) is 2.30. The van der Waals surface area contributed by atoms with E-state index in [2.05, 4.69) is 0 Å². The number of rotatable bonds is 1. The molecular weight excluding hydrogens is 240 g/mol. The third-order valence-corrected chi connectivity index (χ3v) is 3.90. The number of carbonyl (C=O) groups is 1. The molecule has 0 unspecified atom stereocenters. The van der Waals surface area contributed by atoms with Crippen molar-refractivity contribution in [1.29, 1.82) is 0 Å². The Morgan fingerprint density at radius 3 is 2.12 bits per heavy atom. The number of carbonyl (C=O) groups excluding carboxylic acids is 1. The van der Waals surface area contributed by atoms with Crippen LogP contribution in [0.15, 0.2) is 0 Å². The molecule has 2 aliphatic rings. The van der Waals surface area contributed by atoms with E-state index < -0.39 is 0 Å².